The predicted molar refractivity (Wildman–Crippen MR) is 116 cm³/mol. The van der Waals surface area contributed by atoms with Crippen LogP contribution >= 0.6 is 24.0 Å². The summed E-state index contributed by atoms with van der Waals surface area (Å²) < 4.78 is 11.4. The molecule has 0 aliphatic carbocycles. The Hall–Kier alpha value is -1.02. The topological polar surface area (TPSA) is 54.9 Å². The minimum Gasteiger partial charge on any atom is -0.493 e. The van der Waals surface area contributed by atoms with Crippen molar-refractivity contribution in [2.45, 2.75) is 53.2 Å². The lowest BCUT2D eigenvalue weighted by Crippen LogP contribution is -2.37. The molecular formula is C19H34IN3O2. The summed E-state index contributed by atoms with van der Waals surface area (Å²) in [5.74, 6) is 1.74. The number of guanidine groups is 1. The lowest BCUT2D eigenvalue weighted by Gasteiger charge is -2.15. The Kier molecular flexibility index (Phi) is 13.6. The summed E-state index contributed by atoms with van der Waals surface area (Å²) in [6, 6.07) is 6.30. The first-order valence-corrected chi connectivity index (χ1v) is 8.85. The van der Waals surface area contributed by atoms with E-state index in [9.17, 15) is 0 Å². The van der Waals surface area contributed by atoms with E-state index in [2.05, 4.69) is 47.7 Å². The Morgan fingerprint density at radius 2 is 1.96 bits per heavy atom. The number of hydrogen-bond donors (Lipinski definition) is 2. The van der Waals surface area contributed by atoms with E-state index in [1.165, 1.54) is 5.56 Å². The van der Waals surface area contributed by atoms with E-state index in [0.29, 0.717) is 6.54 Å². The summed E-state index contributed by atoms with van der Waals surface area (Å²) in [5.41, 5.74) is 2.35. The molecule has 6 heteroatoms. The zero-order chi connectivity index (χ0) is 17.8. The molecule has 1 aromatic carbocycles. The van der Waals surface area contributed by atoms with Gasteiger partial charge in [0.2, 0.25) is 0 Å². The molecule has 0 saturated carbocycles. The van der Waals surface area contributed by atoms with Gasteiger partial charge in [0, 0.05) is 32.3 Å². The summed E-state index contributed by atoms with van der Waals surface area (Å²) in [6.07, 6.45) is 2.24. The molecule has 5 nitrogen and oxygen atoms in total. The molecular weight excluding hydrogens is 429 g/mol. The van der Waals surface area contributed by atoms with Gasteiger partial charge in [0.25, 0.3) is 0 Å². The monoisotopic (exact) mass is 463 g/mol. The molecule has 1 rings (SSSR count). The van der Waals surface area contributed by atoms with Crippen LogP contribution in [0.15, 0.2) is 23.2 Å². The second kappa shape index (κ2) is 14.2. The molecule has 0 spiro atoms. The molecule has 0 aliphatic rings. The van der Waals surface area contributed by atoms with Crippen molar-refractivity contribution in [1.82, 2.24) is 10.6 Å². The summed E-state index contributed by atoms with van der Waals surface area (Å²) in [5, 5.41) is 6.65. The smallest absolute Gasteiger partial charge is 0.191 e. The number of hydrogen-bond acceptors (Lipinski definition) is 3. The highest BCUT2D eigenvalue weighted by Crippen LogP contribution is 2.20. The molecule has 2 N–H and O–H groups in total. The van der Waals surface area contributed by atoms with Crippen LogP contribution in [0.1, 0.15) is 44.7 Å². The van der Waals surface area contributed by atoms with Crippen molar-refractivity contribution in [2.75, 3.05) is 26.8 Å². The zero-order valence-corrected chi connectivity index (χ0v) is 18.6. The first kappa shape index (κ1) is 24.0. The molecule has 0 unspecified atom stereocenters. The molecule has 144 valence electrons. The fourth-order valence-corrected chi connectivity index (χ4v) is 2.15. The third-order valence-corrected chi connectivity index (χ3v) is 3.42. The number of aliphatic imine (C=N–C) groups is 1. The highest BCUT2D eigenvalue weighted by molar-refractivity contribution is 14.0. The van der Waals surface area contributed by atoms with Gasteiger partial charge in [-0.3, -0.25) is 4.99 Å². The Bertz CT molecular complexity index is 507. The van der Waals surface area contributed by atoms with E-state index in [0.717, 1.165) is 49.9 Å². The van der Waals surface area contributed by atoms with E-state index in [-0.39, 0.29) is 30.1 Å². The van der Waals surface area contributed by atoms with Gasteiger partial charge in [0.1, 0.15) is 5.75 Å². The van der Waals surface area contributed by atoms with Crippen LogP contribution in [0.2, 0.25) is 0 Å². The van der Waals surface area contributed by atoms with Crippen molar-refractivity contribution in [3.05, 3.63) is 29.3 Å². The predicted octanol–water partition coefficient (Wildman–Crippen LogP) is 3.88. The van der Waals surface area contributed by atoms with Crippen LogP contribution in [0.5, 0.6) is 5.75 Å². The average molecular weight is 463 g/mol. The van der Waals surface area contributed by atoms with Crippen LogP contribution in [0, 0.1) is 6.92 Å². The van der Waals surface area contributed by atoms with Crippen LogP contribution in [0.25, 0.3) is 0 Å². The van der Waals surface area contributed by atoms with Crippen LogP contribution in [-0.4, -0.2) is 38.9 Å². The first-order chi connectivity index (χ1) is 11.6. The Balaban J connectivity index is 0.00000576. The van der Waals surface area contributed by atoms with E-state index in [4.69, 9.17) is 9.47 Å². The third kappa shape index (κ3) is 10.5. The molecule has 0 aliphatic heterocycles. The molecule has 25 heavy (non-hydrogen) atoms. The van der Waals surface area contributed by atoms with Gasteiger partial charge in [0.05, 0.1) is 12.7 Å². The van der Waals surface area contributed by atoms with Gasteiger partial charge in [-0.1, -0.05) is 19.1 Å². The minimum atomic E-state index is 0. The molecule has 0 aromatic heterocycles. The maximum absolute atomic E-state index is 5.85. The highest BCUT2D eigenvalue weighted by Gasteiger charge is 2.05. The number of benzene rings is 1. The first-order valence-electron chi connectivity index (χ1n) is 8.85. The van der Waals surface area contributed by atoms with Crippen LogP contribution < -0.4 is 15.4 Å². The number of ether oxygens (including phenoxy) is 2. The van der Waals surface area contributed by atoms with Crippen molar-refractivity contribution in [3.8, 4) is 5.75 Å². The maximum Gasteiger partial charge on any atom is 0.191 e. The standard InChI is InChI=1S/C19H33N3O2.HI/c1-6-11-24-18-13-16(4)8-9-17(18)14-22-19(20-5)21-10-7-12-23-15(2)3;/h8-9,13,15H,6-7,10-12,14H2,1-5H3,(H2,20,21,22);1H. The van der Waals surface area contributed by atoms with Crippen LogP contribution in [-0.2, 0) is 11.3 Å². The van der Waals surface area contributed by atoms with Gasteiger partial charge >= 0.3 is 0 Å². The van der Waals surface area contributed by atoms with E-state index < -0.39 is 0 Å². The fraction of sp³-hybridized carbons (Fsp3) is 0.632. The number of aryl methyl sites for hydroxylation is 1. The summed E-state index contributed by atoms with van der Waals surface area (Å²) in [6.45, 7) is 11.3. The summed E-state index contributed by atoms with van der Waals surface area (Å²) >= 11 is 0. The van der Waals surface area contributed by atoms with Crippen molar-refractivity contribution < 1.29 is 9.47 Å². The number of rotatable bonds is 10. The fourth-order valence-electron chi connectivity index (χ4n) is 2.15. The van der Waals surface area contributed by atoms with Gasteiger partial charge < -0.3 is 20.1 Å². The third-order valence-electron chi connectivity index (χ3n) is 3.42. The average Bonchev–Trinajstić information content (AvgIpc) is 2.56. The molecule has 0 amide bonds. The largest absolute Gasteiger partial charge is 0.493 e. The number of nitrogens with zero attached hydrogens (tertiary/aromatic N) is 1. The van der Waals surface area contributed by atoms with E-state index in [1.54, 1.807) is 7.05 Å². The van der Waals surface area contributed by atoms with Gasteiger partial charge in [-0.25, -0.2) is 0 Å². The maximum atomic E-state index is 5.85. The normalized spacial score (nSPS) is 11.2. The molecule has 0 atom stereocenters. The van der Waals surface area contributed by atoms with Gasteiger partial charge in [-0.05, 0) is 45.2 Å². The molecule has 1 aromatic rings. The molecule has 0 bridgehead atoms. The second-order valence-electron chi connectivity index (χ2n) is 6.09. The van der Waals surface area contributed by atoms with Gasteiger partial charge in [-0.15, -0.1) is 24.0 Å². The zero-order valence-electron chi connectivity index (χ0n) is 16.2. The SMILES string of the molecule is CCCOc1cc(C)ccc1CNC(=NC)NCCCOC(C)C.I. The number of nitrogens with one attached hydrogen (secondary N) is 2. The van der Waals surface area contributed by atoms with Crippen LogP contribution in [0.4, 0.5) is 0 Å². The highest BCUT2D eigenvalue weighted by atomic mass is 127. The lowest BCUT2D eigenvalue weighted by atomic mass is 10.1. The van der Waals surface area contributed by atoms with E-state index in [1.807, 2.05) is 13.8 Å². The lowest BCUT2D eigenvalue weighted by molar-refractivity contribution is 0.0776. The Morgan fingerprint density at radius 1 is 1.20 bits per heavy atom. The van der Waals surface area contributed by atoms with E-state index >= 15 is 0 Å². The second-order valence-corrected chi connectivity index (χ2v) is 6.09. The molecule has 0 radical (unpaired) electrons. The summed E-state index contributed by atoms with van der Waals surface area (Å²) in [7, 11) is 1.78. The minimum absolute atomic E-state index is 0. The molecule has 0 fully saturated rings. The van der Waals surface area contributed by atoms with Crippen molar-refractivity contribution in [3.63, 3.8) is 0 Å². The van der Waals surface area contributed by atoms with Crippen molar-refractivity contribution >= 4 is 29.9 Å². The Labute approximate surface area is 170 Å². The summed E-state index contributed by atoms with van der Waals surface area (Å²) in [4.78, 5) is 4.26. The molecule has 0 heterocycles. The van der Waals surface area contributed by atoms with Gasteiger partial charge in [-0.2, -0.15) is 0 Å². The Morgan fingerprint density at radius 3 is 2.60 bits per heavy atom. The van der Waals surface area contributed by atoms with Crippen LogP contribution in [0.3, 0.4) is 0 Å². The van der Waals surface area contributed by atoms with Gasteiger partial charge in [0.15, 0.2) is 5.96 Å². The van der Waals surface area contributed by atoms with Crippen molar-refractivity contribution in [2.24, 2.45) is 4.99 Å². The molecule has 0 saturated heterocycles. The van der Waals surface area contributed by atoms with Crippen molar-refractivity contribution in [1.29, 1.82) is 0 Å². The quantitative estimate of drug-likeness (QED) is 0.239. The number of halogens is 1.